The first kappa shape index (κ1) is 16.0. The van der Waals surface area contributed by atoms with Gasteiger partial charge in [0.2, 0.25) is 0 Å². The highest BCUT2D eigenvalue weighted by molar-refractivity contribution is 5.79. The van der Waals surface area contributed by atoms with E-state index in [1.807, 2.05) is 0 Å². The van der Waals surface area contributed by atoms with Gasteiger partial charge in [0.15, 0.2) is 0 Å². The van der Waals surface area contributed by atoms with E-state index in [1.165, 1.54) is 12.1 Å². The molecule has 1 amide bonds. The first-order valence-corrected chi connectivity index (χ1v) is 6.43. The van der Waals surface area contributed by atoms with Gasteiger partial charge in [-0.2, -0.15) is 8.78 Å². The highest BCUT2D eigenvalue weighted by Gasteiger charge is 2.26. The molecule has 0 radical (unpaired) electrons. The van der Waals surface area contributed by atoms with Crippen molar-refractivity contribution >= 4 is 5.91 Å². The van der Waals surface area contributed by atoms with Crippen LogP contribution in [0, 0.1) is 0 Å². The number of hydrogen-bond acceptors (Lipinski definition) is 3. The lowest BCUT2D eigenvalue weighted by Gasteiger charge is -2.22. The summed E-state index contributed by atoms with van der Waals surface area (Å²) in [6.07, 6.45) is 0.216. The molecule has 5 nitrogen and oxygen atoms in total. The minimum atomic E-state index is -3.26. The van der Waals surface area contributed by atoms with Gasteiger partial charge in [-0.3, -0.25) is 4.79 Å². The number of aliphatic hydroxyl groups excluding tert-OH is 1. The van der Waals surface area contributed by atoms with Crippen molar-refractivity contribution in [1.29, 1.82) is 0 Å². The lowest BCUT2D eigenvalue weighted by molar-refractivity contribution is -0.133. The number of rotatable bonds is 6. The first-order valence-electron chi connectivity index (χ1n) is 6.43. The minimum absolute atomic E-state index is 0.307. The molecule has 1 aromatic carbocycles. The van der Waals surface area contributed by atoms with Crippen molar-refractivity contribution in [3.8, 4) is 5.69 Å². The zero-order chi connectivity index (χ0) is 16.1. The second-order valence-corrected chi connectivity index (χ2v) is 4.58. The third-order valence-electron chi connectivity index (χ3n) is 3.11. The number of aliphatic hydroxyl groups is 1. The van der Waals surface area contributed by atoms with Crippen LogP contribution in [0.4, 0.5) is 13.2 Å². The van der Waals surface area contributed by atoms with Gasteiger partial charge in [-0.1, -0.05) is 12.1 Å². The normalized spacial score (nSPS) is 13.9. The average Bonchev–Trinajstić information content (AvgIpc) is 3.06. The highest BCUT2D eigenvalue weighted by atomic mass is 19.3. The van der Waals surface area contributed by atoms with Crippen LogP contribution in [0.5, 0.6) is 0 Å². The van der Waals surface area contributed by atoms with E-state index in [9.17, 15) is 23.1 Å². The van der Waals surface area contributed by atoms with Crippen molar-refractivity contribution < 1.29 is 23.1 Å². The molecule has 0 bridgehead atoms. The van der Waals surface area contributed by atoms with E-state index < -0.39 is 31.2 Å². The zero-order valence-electron chi connectivity index (χ0n) is 11.4. The summed E-state index contributed by atoms with van der Waals surface area (Å²) in [5.74, 6) is -1.61. The summed E-state index contributed by atoms with van der Waals surface area (Å²) in [5, 5.41) is 11.8. The van der Waals surface area contributed by atoms with Crippen molar-refractivity contribution in [2.24, 2.45) is 0 Å². The molecule has 0 aliphatic heterocycles. The number of nitrogens with zero attached hydrogens (tertiary/aromatic N) is 2. The van der Waals surface area contributed by atoms with Crippen LogP contribution in [0.2, 0.25) is 0 Å². The zero-order valence-corrected chi connectivity index (χ0v) is 11.4. The smallest absolute Gasteiger partial charge is 0.315 e. The fourth-order valence-corrected chi connectivity index (χ4v) is 1.94. The van der Waals surface area contributed by atoms with Gasteiger partial charge in [0.25, 0.3) is 5.91 Å². The molecule has 0 aliphatic carbocycles. The molecule has 2 rings (SSSR count). The SMILES string of the molecule is O=C(NC(CF)C(O)c1ccc(-n2ccnc2)cc1)C(F)F. The number of aromatic nitrogens is 2. The van der Waals surface area contributed by atoms with Crippen LogP contribution in [-0.2, 0) is 4.79 Å². The largest absolute Gasteiger partial charge is 0.386 e. The van der Waals surface area contributed by atoms with E-state index in [-0.39, 0.29) is 0 Å². The molecule has 1 heterocycles. The van der Waals surface area contributed by atoms with Crippen LogP contribution in [0.25, 0.3) is 5.69 Å². The lowest BCUT2D eigenvalue weighted by atomic mass is 10.0. The Balaban J connectivity index is 2.10. The fraction of sp³-hybridized carbons (Fsp3) is 0.286. The molecule has 2 unspecified atom stereocenters. The molecule has 118 valence electrons. The summed E-state index contributed by atoms with van der Waals surface area (Å²) < 4.78 is 39.0. The Morgan fingerprint density at radius 1 is 1.32 bits per heavy atom. The summed E-state index contributed by atoms with van der Waals surface area (Å²) in [7, 11) is 0. The summed E-state index contributed by atoms with van der Waals surface area (Å²) in [6.45, 7) is -1.16. The van der Waals surface area contributed by atoms with Crippen molar-refractivity contribution in [1.82, 2.24) is 14.9 Å². The van der Waals surface area contributed by atoms with Crippen LogP contribution in [-0.4, -0.2) is 39.7 Å². The predicted molar refractivity (Wildman–Crippen MR) is 72.4 cm³/mol. The van der Waals surface area contributed by atoms with Crippen molar-refractivity contribution in [3.05, 3.63) is 48.5 Å². The number of alkyl halides is 3. The molecule has 0 aliphatic rings. The molecule has 8 heteroatoms. The molecule has 22 heavy (non-hydrogen) atoms. The lowest BCUT2D eigenvalue weighted by Crippen LogP contribution is -2.43. The third kappa shape index (κ3) is 3.64. The summed E-state index contributed by atoms with van der Waals surface area (Å²) in [6, 6.07) is 4.93. The molecular weight excluding hydrogens is 299 g/mol. The Kier molecular flexibility index (Phi) is 5.16. The van der Waals surface area contributed by atoms with E-state index in [2.05, 4.69) is 4.98 Å². The predicted octanol–water partition coefficient (Wildman–Crippen LogP) is 1.63. The second-order valence-electron chi connectivity index (χ2n) is 4.58. The molecule has 2 N–H and O–H groups in total. The Bertz CT molecular complexity index is 602. The maximum absolute atomic E-state index is 12.9. The van der Waals surface area contributed by atoms with Gasteiger partial charge in [-0.15, -0.1) is 0 Å². The molecule has 0 saturated heterocycles. The van der Waals surface area contributed by atoms with Crippen LogP contribution in [0.3, 0.4) is 0 Å². The number of nitrogens with one attached hydrogen (secondary N) is 1. The number of hydrogen-bond donors (Lipinski definition) is 2. The standard InChI is InChI=1S/C14H14F3N3O2/c15-7-11(19-14(22)13(16)17)12(21)9-1-3-10(4-2-9)20-6-5-18-8-20/h1-6,8,11-13,21H,7H2,(H,19,22). The quantitative estimate of drug-likeness (QED) is 0.852. The van der Waals surface area contributed by atoms with E-state index in [4.69, 9.17) is 0 Å². The number of imidazole rings is 1. The number of halogens is 3. The van der Waals surface area contributed by atoms with E-state index in [0.29, 0.717) is 5.56 Å². The van der Waals surface area contributed by atoms with Gasteiger partial charge < -0.3 is 15.0 Å². The topological polar surface area (TPSA) is 67.2 Å². The number of carbonyl (C=O) groups excluding carboxylic acids is 1. The van der Waals surface area contributed by atoms with E-state index in [0.717, 1.165) is 5.69 Å². The van der Waals surface area contributed by atoms with Gasteiger partial charge in [0.1, 0.15) is 12.8 Å². The second kappa shape index (κ2) is 7.08. The average molecular weight is 313 g/mol. The first-order chi connectivity index (χ1) is 10.5. The summed E-state index contributed by atoms with van der Waals surface area (Å²) in [5.41, 5.74) is 1.07. The van der Waals surface area contributed by atoms with Gasteiger partial charge in [-0.25, -0.2) is 9.37 Å². The van der Waals surface area contributed by atoms with Gasteiger partial charge in [-0.05, 0) is 17.7 Å². The Labute approximate surface area is 124 Å². The number of carbonyl (C=O) groups is 1. The number of amides is 1. The fourth-order valence-electron chi connectivity index (χ4n) is 1.94. The molecule has 1 aromatic heterocycles. The van der Waals surface area contributed by atoms with Crippen LogP contribution in [0.15, 0.2) is 43.0 Å². The molecule has 0 spiro atoms. The maximum Gasteiger partial charge on any atom is 0.315 e. The minimum Gasteiger partial charge on any atom is -0.386 e. The van der Waals surface area contributed by atoms with Crippen molar-refractivity contribution in [3.63, 3.8) is 0 Å². The Morgan fingerprint density at radius 3 is 2.50 bits per heavy atom. The van der Waals surface area contributed by atoms with Gasteiger partial charge in [0, 0.05) is 18.1 Å². The van der Waals surface area contributed by atoms with Crippen LogP contribution >= 0.6 is 0 Å². The van der Waals surface area contributed by atoms with Crippen LogP contribution in [0.1, 0.15) is 11.7 Å². The van der Waals surface area contributed by atoms with E-state index in [1.54, 1.807) is 40.7 Å². The molecule has 0 saturated carbocycles. The molecule has 2 aromatic rings. The number of benzene rings is 1. The molecular formula is C14H14F3N3O2. The van der Waals surface area contributed by atoms with Gasteiger partial charge >= 0.3 is 6.43 Å². The van der Waals surface area contributed by atoms with Gasteiger partial charge in [0.05, 0.1) is 12.4 Å². The Hall–Kier alpha value is -2.35. The monoisotopic (exact) mass is 313 g/mol. The third-order valence-corrected chi connectivity index (χ3v) is 3.11. The molecule has 0 fully saturated rings. The Morgan fingerprint density at radius 2 is 2.00 bits per heavy atom. The summed E-state index contributed by atoms with van der Waals surface area (Å²) >= 11 is 0. The van der Waals surface area contributed by atoms with Crippen LogP contribution < -0.4 is 5.32 Å². The highest BCUT2D eigenvalue weighted by Crippen LogP contribution is 2.19. The van der Waals surface area contributed by atoms with E-state index >= 15 is 0 Å². The maximum atomic E-state index is 12.9. The summed E-state index contributed by atoms with van der Waals surface area (Å²) in [4.78, 5) is 14.8. The van der Waals surface area contributed by atoms with Crippen molar-refractivity contribution in [2.75, 3.05) is 6.67 Å². The van der Waals surface area contributed by atoms with Crippen molar-refractivity contribution in [2.45, 2.75) is 18.6 Å². The molecule has 2 atom stereocenters.